The highest BCUT2D eigenvalue weighted by molar-refractivity contribution is 5.94. The number of para-hydroxylation sites is 2. The monoisotopic (exact) mass is 330 g/mol. The van der Waals surface area contributed by atoms with Gasteiger partial charge >= 0.3 is 0 Å². The first-order chi connectivity index (χ1) is 11.6. The number of hydrogen-bond donors (Lipinski definition) is 2. The van der Waals surface area contributed by atoms with Gasteiger partial charge in [-0.05, 0) is 18.2 Å². The predicted molar refractivity (Wildman–Crippen MR) is 83.7 cm³/mol. The molecule has 1 unspecified atom stereocenters. The number of rotatable bonds is 8. The number of aromatic amines is 1. The largest absolute Gasteiger partial charge is 0.544 e. The van der Waals surface area contributed by atoms with Crippen LogP contribution in [-0.4, -0.2) is 25.0 Å². The third-order valence-electron chi connectivity index (χ3n) is 3.50. The van der Waals surface area contributed by atoms with Crippen molar-refractivity contribution in [3.05, 3.63) is 54.4 Å². The van der Waals surface area contributed by atoms with Crippen molar-refractivity contribution in [2.45, 2.75) is 19.0 Å². The Bertz CT molecular complexity index is 691. The van der Waals surface area contributed by atoms with Gasteiger partial charge < -0.3 is 25.3 Å². The number of pyridine rings is 1. The standard InChI is InChI=1S/C17H19N3O4/c1-24-15-7-3-2-6-13(15)20-16(21)9-14(17(22)23)19-11-12-5-4-8-18-10-12/h2-8,10,14,19H,9,11H2,1H3,(H,20,21)(H,22,23)/p+1. The zero-order chi connectivity index (χ0) is 17.4. The number of hydrogen-bond acceptors (Lipinski definition) is 4. The molecule has 126 valence electrons. The number of nitrogens with two attached hydrogens (primary N) is 1. The Morgan fingerprint density at radius 3 is 2.75 bits per heavy atom. The number of nitrogens with one attached hydrogen (secondary N) is 2. The van der Waals surface area contributed by atoms with Crippen molar-refractivity contribution in [1.29, 1.82) is 0 Å². The molecule has 2 aromatic rings. The fraction of sp³-hybridized carbons (Fsp3) is 0.235. The molecular formula is C17H20N3O4+. The third-order valence-corrected chi connectivity index (χ3v) is 3.50. The second-order valence-electron chi connectivity index (χ2n) is 5.23. The van der Waals surface area contributed by atoms with Crippen LogP contribution < -0.4 is 25.5 Å². The molecular weight excluding hydrogens is 310 g/mol. The molecule has 0 saturated heterocycles. The zero-order valence-electron chi connectivity index (χ0n) is 13.3. The topological polar surface area (TPSA) is 109 Å². The number of amides is 1. The van der Waals surface area contributed by atoms with E-state index in [-0.39, 0.29) is 6.42 Å². The molecule has 1 heterocycles. The SMILES string of the molecule is COc1ccccc1NC(=O)CC([NH2+]Cc1ccc[nH+]c1)C(=O)[O-]. The van der Waals surface area contributed by atoms with Gasteiger partial charge in [-0.2, -0.15) is 0 Å². The van der Waals surface area contributed by atoms with E-state index in [1.54, 1.807) is 42.0 Å². The van der Waals surface area contributed by atoms with E-state index in [4.69, 9.17) is 4.74 Å². The van der Waals surface area contributed by atoms with E-state index in [1.165, 1.54) is 7.11 Å². The van der Waals surface area contributed by atoms with Crippen molar-refractivity contribution >= 4 is 17.6 Å². The fourth-order valence-electron chi connectivity index (χ4n) is 2.25. The van der Waals surface area contributed by atoms with Crippen molar-refractivity contribution < 1.29 is 29.7 Å². The molecule has 1 aromatic heterocycles. The van der Waals surface area contributed by atoms with Gasteiger partial charge in [0.05, 0.1) is 30.8 Å². The summed E-state index contributed by atoms with van der Waals surface area (Å²) in [7, 11) is 1.50. The molecule has 1 atom stereocenters. The molecule has 0 saturated carbocycles. The normalized spacial score (nSPS) is 11.5. The fourth-order valence-corrected chi connectivity index (χ4v) is 2.25. The molecule has 0 aliphatic heterocycles. The van der Waals surface area contributed by atoms with Crippen LogP contribution in [0.5, 0.6) is 5.75 Å². The summed E-state index contributed by atoms with van der Waals surface area (Å²) in [6.07, 6.45) is 3.34. The van der Waals surface area contributed by atoms with Gasteiger partial charge in [-0.3, -0.25) is 4.79 Å². The molecule has 2 rings (SSSR count). The van der Waals surface area contributed by atoms with Crippen LogP contribution in [0.15, 0.2) is 48.8 Å². The van der Waals surface area contributed by atoms with Crippen LogP contribution in [0.2, 0.25) is 0 Å². The van der Waals surface area contributed by atoms with E-state index in [0.717, 1.165) is 5.56 Å². The molecule has 1 aromatic carbocycles. The molecule has 7 heteroatoms. The number of carboxylic acid groups (broad SMARTS) is 1. The summed E-state index contributed by atoms with van der Waals surface area (Å²) in [5.74, 6) is -1.17. The number of aromatic nitrogens is 1. The quantitative estimate of drug-likeness (QED) is 0.628. The maximum atomic E-state index is 12.1. The van der Waals surface area contributed by atoms with Crippen LogP contribution >= 0.6 is 0 Å². The van der Waals surface area contributed by atoms with Gasteiger partial charge in [0.25, 0.3) is 0 Å². The first kappa shape index (κ1) is 17.4. The molecule has 0 fully saturated rings. The Morgan fingerprint density at radius 2 is 2.08 bits per heavy atom. The number of aliphatic carboxylic acids is 1. The molecule has 0 aliphatic carbocycles. The number of anilines is 1. The van der Waals surface area contributed by atoms with Crippen molar-refractivity contribution in [2.24, 2.45) is 0 Å². The minimum absolute atomic E-state index is 0.197. The maximum absolute atomic E-state index is 12.1. The lowest BCUT2D eigenvalue weighted by Crippen LogP contribution is -2.92. The number of ether oxygens (including phenoxy) is 1. The zero-order valence-corrected chi connectivity index (χ0v) is 13.3. The number of quaternary nitrogens is 1. The highest BCUT2D eigenvalue weighted by atomic mass is 16.5. The van der Waals surface area contributed by atoms with Gasteiger partial charge in [0.2, 0.25) is 5.91 Å². The van der Waals surface area contributed by atoms with Crippen LogP contribution in [0.1, 0.15) is 12.0 Å². The van der Waals surface area contributed by atoms with E-state index in [9.17, 15) is 14.7 Å². The Balaban J connectivity index is 1.94. The number of carbonyl (C=O) groups excluding carboxylic acids is 2. The molecule has 0 spiro atoms. The smallest absolute Gasteiger partial charge is 0.230 e. The average molecular weight is 330 g/mol. The lowest BCUT2D eigenvalue weighted by Gasteiger charge is -2.16. The Kier molecular flexibility index (Phi) is 6.27. The van der Waals surface area contributed by atoms with Gasteiger partial charge in [-0.1, -0.05) is 12.1 Å². The summed E-state index contributed by atoms with van der Waals surface area (Å²) in [4.78, 5) is 26.3. The van der Waals surface area contributed by atoms with Crippen molar-refractivity contribution in [2.75, 3.05) is 12.4 Å². The Hall–Kier alpha value is -2.93. The van der Waals surface area contributed by atoms with E-state index in [0.29, 0.717) is 18.0 Å². The highest BCUT2D eigenvalue weighted by Gasteiger charge is 2.19. The Morgan fingerprint density at radius 1 is 1.29 bits per heavy atom. The summed E-state index contributed by atoms with van der Waals surface area (Å²) in [5, 5.41) is 15.5. The number of carbonyl (C=O) groups is 2. The van der Waals surface area contributed by atoms with Gasteiger partial charge in [-0.25, -0.2) is 4.98 Å². The van der Waals surface area contributed by atoms with Crippen molar-refractivity contribution in [3.63, 3.8) is 0 Å². The van der Waals surface area contributed by atoms with Crippen molar-refractivity contribution in [3.8, 4) is 5.75 Å². The van der Waals surface area contributed by atoms with Crippen LogP contribution in [0.25, 0.3) is 0 Å². The van der Waals surface area contributed by atoms with Crippen LogP contribution in [0, 0.1) is 0 Å². The molecule has 0 radical (unpaired) electrons. The lowest BCUT2D eigenvalue weighted by molar-refractivity contribution is -0.697. The lowest BCUT2D eigenvalue weighted by atomic mass is 10.1. The van der Waals surface area contributed by atoms with Gasteiger partial charge in [0.15, 0.2) is 12.4 Å². The van der Waals surface area contributed by atoms with E-state index in [1.807, 2.05) is 12.1 Å². The van der Waals surface area contributed by atoms with Gasteiger partial charge in [-0.15, -0.1) is 0 Å². The number of carboxylic acids is 1. The van der Waals surface area contributed by atoms with E-state index < -0.39 is 17.9 Å². The van der Waals surface area contributed by atoms with Crippen LogP contribution in [-0.2, 0) is 16.1 Å². The first-order valence-corrected chi connectivity index (χ1v) is 7.52. The number of methoxy groups -OCH3 is 1. The summed E-state index contributed by atoms with van der Waals surface area (Å²) < 4.78 is 5.15. The molecule has 7 nitrogen and oxygen atoms in total. The minimum atomic E-state index is -1.27. The molecule has 1 amide bonds. The molecule has 0 aliphatic rings. The predicted octanol–water partition coefficient (Wildman–Crippen LogP) is -1.28. The summed E-state index contributed by atoms with van der Waals surface area (Å²) in [6.45, 7) is 0.428. The number of benzene rings is 1. The molecule has 0 bridgehead atoms. The van der Waals surface area contributed by atoms with E-state index >= 15 is 0 Å². The summed E-state index contributed by atoms with van der Waals surface area (Å²) >= 11 is 0. The third kappa shape index (κ3) is 5.06. The highest BCUT2D eigenvalue weighted by Crippen LogP contribution is 2.23. The second kappa shape index (κ2) is 8.64. The van der Waals surface area contributed by atoms with Crippen LogP contribution in [0.3, 0.4) is 0 Å². The summed E-state index contributed by atoms with van der Waals surface area (Å²) in [6, 6.07) is 9.66. The van der Waals surface area contributed by atoms with E-state index in [2.05, 4.69) is 10.3 Å². The van der Waals surface area contributed by atoms with Crippen LogP contribution in [0.4, 0.5) is 5.69 Å². The minimum Gasteiger partial charge on any atom is -0.544 e. The van der Waals surface area contributed by atoms with Crippen molar-refractivity contribution in [1.82, 2.24) is 0 Å². The van der Waals surface area contributed by atoms with Gasteiger partial charge in [0, 0.05) is 6.07 Å². The summed E-state index contributed by atoms with van der Waals surface area (Å²) in [5.41, 5.74) is 1.42. The molecule has 24 heavy (non-hydrogen) atoms. The van der Waals surface area contributed by atoms with Gasteiger partial charge in [0.1, 0.15) is 18.3 Å². The Labute approximate surface area is 139 Å². The average Bonchev–Trinajstić information content (AvgIpc) is 2.59. The number of H-pyrrole nitrogens is 1. The second-order valence-corrected chi connectivity index (χ2v) is 5.23. The maximum Gasteiger partial charge on any atom is 0.230 e. The first-order valence-electron chi connectivity index (χ1n) is 7.52. The molecule has 4 N–H and O–H groups in total.